The molecule has 0 fully saturated rings. The second-order valence-electron chi connectivity index (χ2n) is 7.88. The maximum absolute atomic E-state index is 13.0. The largest absolute Gasteiger partial charge is 0.493 e. The maximum atomic E-state index is 13.0. The van der Waals surface area contributed by atoms with Gasteiger partial charge in [0.05, 0.1) is 42.1 Å². The number of carbonyl (C=O) groups excluding carboxylic acids is 1. The van der Waals surface area contributed by atoms with Gasteiger partial charge in [-0.05, 0) is 55.0 Å². The number of nitrogens with one attached hydrogen (secondary N) is 2. The van der Waals surface area contributed by atoms with Crippen molar-refractivity contribution in [3.8, 4) is 17.6 Å². The van der Waals surface area contributed by atoms with Crippen LogP contribution < -0.4 is 20.1 Å². The van der Waals surface area contributed by atoms with Gasteiger partial charge in [0.2, 0.25) is 0 Å². The summed E-state index contributed by atoms with van der Waals surface area (Å²) >= 11 is 0. The second kappa shape index (κ2) is 11.4. The van der Waals surface area contributed by atoms with E-state index < -0.39 is 21.8 Å². The zero-order chi connectivity index (χ0) is 25.4. The molecule has 35 heavy (non-hydrogen) atoms. The van der Waals surface area contributed by atoms with Gasteiger partial charge in [-0.25, -0.2) is 8.42 Å². The Labute approximate surface area is 205 Å². The molecule has 8 nitrogen and oxygen atoms in total. The van der Waals surface area contributed by atoms with Gasteiger partial charge >= 0.3 is 0 Å². The van der Waals surface area contributed by atoms with Crippen LogP contribution in [0.4, 0.5) is 5.69 Å². The van der Waals surface area contributed by atoms with Gasteiger partial charge in [0.15, 0.2) is 21.3 Å². The number of benzene rings is 3. The van der Waals surface area contributed by atoms with Crippen molar-refractivity contribution in [3.05, 3.63) is 83.4 Å². The zero-order valence-corrected chi connectivity index (χ0v) is 20.6. The Hall–Kier alpha value is -4.03. The molecule has 0 saturated carbocycles. The van der Waals surface area contributed by atoms with Crippen LogP contribution in [0.15, 0.2) is 71.6 Å². The quantitative estimate of drug-likeness (QED) is 0.441. The lowest BCUT2D eigenvalue weighted by Gasteiger charge is -2.18. The summed E-state index contributed by atoms with van der Waals surface area (Å²) in [6.07, 6.45) is 0. The molecule has 0 aliphatic carbocycles. The molecule has 1 unspecified atom stereocenters. The number of methoxy groups -OCH3 is 2. The fourth-order valence-electron chi connectivity index (χ4n) is 3.56. The third-order valence-corrected chi connectivity index (χ3v) is 7.20. The van der Waals surface area contributed by atoms with Crippen molar-refractivity contribution in [2.75, 3.05) is 25.3 Å². The highest BCUT2D eigenvalue weighted by Gasteiger charge is 2.20. The molecule has 0 spiro atoms. The number of sulfone groups is 1. The van der Waals surface area contributed by atoms with E-state index in [4.69, 9.17) is 9.47 Å². The van der Waals surface area contributed by atoms with Crippen LogP contribution in [0.2, 0.25) is 0 Å². The number of nitriles is 1. The molecule has 2 N–H and O–H groups in total. The summed E-state index contributed by atoms with van der Waals surface area (Å²) in [6, 6.07) is 19.7. The molecule has 1 atom stereocenters. The summed E-state index contributed by atoms with van der Waals surface area (Å²) in [6.45, 7) is 1.94. The van der Waals surface area contributed by atoms with Gasteiger partial charge in [-0.1, -0.05) is 24.3 Å². The fourth-order valence-corrected chi connectivity index (χ4v) is 5.06. The Morgan fingerprint density at radius 2 is 1.71 bits per heavy atom. The molecule has 0 aliphatic rings. The van der Waals surface area contributed by atoms with Gasteiger partial charge in [0, 0.05) is 18.3 Å². The van der Waals surface area contributed by atoms with E-state index in [0.717, 1.165) is 5.56 Å². The smallest absolute Gasteiger partial charge is 0.253 e. The van der Waals surface area contributed by atoms with E-state index in [1.54, 1.807) is 68.6 Å². The molecule has 0 radical (unpaired) electrons. The van der Waals surface area contributed by atoms with Crippen LogP contribution in [0, 0.1) is 11.3 Å². The first-order valence-corrected chi connectivity index (χ1v) is 12.5. The lowest BCUT2D eigenvalue weighted by atomic mass is 10.1. The molecule has 9 heteroatoms. The molecule has 182 valence electrons. The number of rotatable bonds is 10. The normalized spacial score (nSPS) is 11.7. The first-order chi connectivity index (χ1) is 16.8. The Morgan fingerprint density at radius 3 is 2.37 bits per heavy atom. The van der Waals surface area contributed by atoms with Gasteiger partial charge in [0.25, 0.3) is 5.91 Å². The highest BCUT2D eigenvalue weighted by atomic mass is 32.2. The highest BCUT2D eigenvalue weighted by Crippen LogP contribution is 2.27. The van der Waals surface area contributed by atoms with Crippen LogP contribution in [0.25, 0.3) is 0 Å². The zero-order valence-electron chi connectivity index (χ0n) is 19.7. The van der Waals surface area contributed by atoms with Crippen LogP contribution in [0.1, 0.15) is 28.4 Å². The fraction of sp³-hybridized carbons (Fsp3) is 0.231. The summed E-state index contributed by atoms with van der Waals surface area (Å²) in [7, 11) is -0.446. The van der Waals surface area contributed by atoms with E-state index in [-0.39, 0.29) is 22.8 Å². The molecular weight excluding hydrogens is 466 g/mol. The number of amides is 1. The molecule has 0 aromatic heterocycles. The molecule has 0 saturated heterocycles. The monoisotopic (exact) mass is 493 g/mol. The third-order valence-electron chi connectivity index (χ3n) is 5.27. The van der Waals surface area contributed by atoms with Crippen molar-refractivity contribution < 1.29 is 22.7 Å². The van der Waals surface area contributed by atoms with E-state index in [9.17, 15) is 18.5 Å². The minimum atomic E-state index is -3.52. The Morgan fingerprint density at radius 1 is 1.00 bits per heavy atom. The van der Waals surface area contributed by atoms with Crippen LogP contribution in [0.5, 0.6) is 11.5 Å². The Balaban J connectivity index is 1.76. The number of carbonyl (C=O) groups is 1. The van der Waals surface area contributed by atoms with Crippen molar-refractivity contribution in [2.24, 2.45) is 0 Å². The van der Waals surface area contributed by atoms with Crippen molar-refractivity contribution in [1.82, 2.24) is 5.32 Å². The lowest BCUT2D eigenvalue weighted by molar-refractivity contribution is 0.0951. The van der Waals surface area contributed by atoms with E-state index in [2.05, 4.69) is 10.6 Å². The van der Waals surface area contributed by atoms with E-state index in [1.165, 1.54) is 13.2 Å². The first kappa shape index (κ1) is 25.6. The average Bonchev–Trinajstić information content (AvgIpc) is 2.87. The number of hydrogen-bond acceptors (Lipinski definition) is 7. The van der Waals surface area contributed by atoms with E-state index >= 15 is 0 Å². The van der Waals surface area contributed by atoms with Crippen molar-refractivity contribution in [3.63, 3.8) is 0 Å². The lowest BCUT2D eigenvalue weighted by Crippen LogP contribution is -2.29. The predicted molar refractivity (Wildman–Crippen MR) is 133 cm³/mol. The highest BCUT2D eigenvalue weighted by molar-refractivity contribution is 7.91. The van der Waals surface area contributed by atoms with E-state index in [0.29, 0.717) is 22.7 Å². The van der Waals surface area contributed by atoms with Crippen LogP contribution in [0.3, 0.4) is 0 Å². The van der Waals surface area contributed by atoms with Crippen LogP contribution in [-0.2, 0) is 16.4 Å². The number of ether oxygens (including phenoxy) is 2. The molecule has 1 amide bonds. The summed E-state index contributed by atoms with van der Waals surface area (Å²) in [5.41, 5.74) is 1.79. The topological polar surface area (TPSA) is 118 Å². The molecule has 0 aliphatic heterocycles. The molecule has 0 heterocycles. The Bertz CT molecular complexity index is 1330. The standard InChI is InChI=1S/C26H27N3O5S/c1-18(17-35(31,32)21-7-5-4-6-8-21)29-23-11-9-19(15-27)13-22(23)26(30)28-16-20-10-12-24(33-2)25(14-20)34-3/h4-14,18,29H,16-17H2,1-3H3,(H,28,30). The molecule has 3 aromatic rings. The van der Waals surface area contributed by atoms with Crippen molar-refractivity contribution >= 4 is 21.4 Å². The molecule has 0 bridgehead atoms. The first-order valence-electron chi connectivity index (χ1n) is 10.8. The maximum Gasteiger partial charge on any atom is 0.253 e. The number of anilines is 1. The van der Waals surface area contributed by atoms with Gasteiger partial charge in [0.1, 0.15) is 0 Å². The van der Waals surface area contributed by atoms with Crippen LogP contribution in [-0.4, -0.2) is 40.3 Å². The number of nitrogens with zero attached hydrogens (tertiary/aromatic N) is 1. The Kier molecular flexibility index (Phi) is 8.34. The summed E-state index contributed by atoms with van der Waals surface area (Å²) in [5.74, 6) is 0.554. The third kappa shape index (κ3) is 6.52. The van der Waals surface area contributed by atoms with Crippen molar-refractivity contribution in [1.29, 1.82) is 5.26 Å². The van der Waals surface area contributed by atoms with E-state index in [1.807, 2.05) is 12.1 Å². The SMILES string of the molecule is COc1ccc(CNC(=O)c2cc(C#N)ccc2NC(C)CS(=O)(=O)c2ccccc2)cc1OC. The molecule has 3 aromatic carbocycles. The minimum Gasteiger partial charge on any atom is -0.493 e. The number of hydrogen-bond donors (Lipinski definition) is 2. The summed E-state index contributed by atoms with van der Waals surface area (Å²) in [4.78, 5) is 13.3. The molecular formula is C26H27N3O5S. The average molecular weight is 494 g/mol. The van der Waals surface area contributed by atoms with Crippen LogP contribution >= 0.6 is 0 Å². The second-order valence-corrected chi connectivity index (χ2v) is 9.92. The van der Waals surface area contributed by atoms with Gasteiger partial charge in [-0.15, -0.1) is 0 Å². The van der Waals surface area contributed by atoms with Gasteiger partial charge in [-0.2, -0.15) is 5.26 Å². The minimum absolute atomic E-state index is 0.163. The van der Waals surface area contributed by atoms with Gasteiger partial charge < -0.3 is 20.1 Å². The summed E-state index contributed by atoms with van der Waals surface area (Å²) < 4.78 is 36.0. The summed E-state index contributed by atoms with van der Waals surface area (Å²) in [5, 5.41) is 15.3. The predicted octanol–water partition coefficient (Wildman–Crippen LogP) is 3.78. The van der Waals surface area contributed by atoms with Gasteiger partial charge in [-0.3, -0.25) is 4.79 Å². The van der Waals surface area contributed by atoms with Crippen molar-refractivity contribution in [2.45, 2.75) is 24.4 Å². The molecule has 3 rings (SSSR count).